The molecule has 2 saturated heterocycles. The summed E-state index contributed by atoms with van der Waals surface area (Å²) < 4.78 is 59.9. The molecule has 0 aliphatic carbocycles. The van der Waals surface area contributed by atoms with Crippen LogP contribution in [-0.2, 0) is 15.8 Å². The summed E-state index contributed by atoms with van der Waals surface area (Å²) in [6.07, 6.45) is -3.38. The summed E-state index contributed by atoms with van der Waals surface area (Å²) in [6, 6.07) is 7.93. The molecule has 2 aromatic carbocycles. The number of carbonyl (C=O) groups excluding carboxylic acids is 2. The average molecular weight is 534 g/mol. The second-order valence-electron chi connectivity index (χ2n) is 7.99. The number of rotatable bonds is 6. The number of amidine groups is 1. The number of nitrogens with zero attached hydrogens (tertiary/aromatic N) is 3. The van der Waals surface area contributed by atoms with Crippen LogP contribution < -0.4 is 15.4 Å². The topological polar surface area (TPSA) is 107 Å². The third kappa shape index (κ3) is 6.66. The molecule has 8 nitrogen and oxygen atoms in total. The van der Waals surface area contributed by atoms with E-state index in [1.807, 2.05) is 4.90 Å². The number of alkyl halides is 3. The number of nitriles is 1. The first-order valence-corrected chi connectivity index (χ1v) is 11.8. The minimum absolute atomic E-state index is 0.0472. The van der Waals surface area contributed by atoms with Crippen molar-refractivity contribution in [2.24, 2.45) is 4.99 Å². The Morgan fingerprint density at radius 1 is 1.19 bits per heavy atom. The van der Waals surface area contributed by atoms with E-state index in [0.29, 0.717) is 43.0 Å². The zero-order valence-corrected chi connectivity index (χ0v) is 19.9. The van der Waals surface area contributed by atoms with Crippen LogP contribution in [0.4, 0.5) is 17.6 Å². The molecular weight excluding hydrogens is 514 g/mol. The Balaban J connectivity index is 1.43. The fourth-order valence-corrected chi connectivity index (χ4v) is 4.39. The summed E-state index contributed by atoms with van der Waals surface area (Å²) in [5.74, 6) is -2.50. The highest BCUT2D eigenvalue weighted by molar-refractivity contribution is 8.18. The average Bonchev–Trinajstić information content (AvgIpc) is 3.19. The standard InChI is InChI=1S/C24H19F4N5O3S/c25-17-10-14(1-4-19(17)36-18-3-2-15(12-29)9-16(18)24(26,27)28)11-20-22(35)32-23(37-20)31-6-8-33-7-5-30-21(34)13-33/h1-4,9-11H,5-8,13H2,(H,30,34)(H,31,32,35). The van der Waals surface area contributed by atoms with E-state index in [0.717, 1.165) is 42.6 Å². The fraction of sp³-hybridized carbons (Fsp3) is 0.250. The number of piperazine rings is 1. The number of thioether (sulfide) groups is 1. The smallest absolute Gasteiger partial charge is 0.420 e. The molecule has 0 bridgehead atoms. The van der Waals surface area contributed by atoms with Gasteiger partial charge in [-0.3, -0.25) is 19.5 Å². The highest BCUT2D eigenvalue weighted by atomic mass is 32.2. The van der Waals surface area contributed by atoms with Crippen LogP contribution in [-0.4, -0.2) is 54.6 Å². The molecule has 2 heterocycles. The Hall–Kier alpha value is -3.89. The molecule has 0 atom stereocenters. The molecule has 0 unspecified atom stereocenters. The van der Waals surface area contributed by atoms with Gasteiger partial charge < -0.3 is 15.4 Å². The van der Waals surface area contributed by atoms with E-state index in [2.05, 4.69) is 15.6 Å². The summed E-state index contributed by atoms with van der Waals surface area (Å²) in [6.45, 7) is 2.51. The molecule has 2 aromatic rings. The van der Waals surface area contributed by atoms with Crippen molar-refractivity contribution >= 4 is 34.8 Å². The highest BCUT2D eigenvalue weighted by Crippen LogP contribution is 2.39. The molecule has 2 fully saturated rings. The molecule has 0 aromatic heterocycles. The maximum atomic E-state index is 14.7. The van der Waals surface area contributed by atoms with Crippen LogP contribution in [0.25, 0.3) is 6.08 Å². The molecule has 2 aliphatic heterocycles. The first kappa shape index (κ1) is 26.2. The lowest BCUT2D eigenvalue weighted by Crippen LogP contribution is -2.48. The van der Waals surface area contributed by atoms with Crippen LogP contribution in [0.2, 0.25) is 0 Å². The van der Waals surface area contributed by atoms with Crippen molar-refractivity contribution in [2.45, 2.75) is 6.18 Å². The molecule has 13 heteroatoms. The van der Waals surface area contributed by atoms with Crippen LogP contribution >= 0.6 is 11.8 Å². The zero-order valence-electron chi connectivity index (χ0n) is 19.1. The molecule has 2 aliphatic rings. The van der Waals surface area contributed by atoms with Gasteiger partial charge in [0.15, 0.2) is 16.7 Å². The number of halogens is 4. The monoisotopic (exact) mass is 533 g/mol. The van der Waals surface area contributed by atoms with Gasteiger partial charge in [-0.1, -0.05) is 6.07 Å². The van der Waals surface area contributed by atoms with Gasteiger partial charge in [-0.25, -0.2) is 4.39 Å². The fourth-order valence-electron chi connectivity index (χ4n) is 3.55. The summed E-state index contributed by atoms with van der Waals surface area (Å²) in [5.41, 5.74) is -1.12. The molecule has 37 heavy (non-hydrogen) atoms. The van der Waals surface area contributed by atoms with Crippen molar-refractivity contribution in [1.82, 2.24) is 15.5 Å². The number of nitrogens with one attached hydrogen (secondary N) is 2. The molecular formula is C24H19F4N5O3S. The summed E-state index contributed by atoms with van der Waals surface area (Å²) in [4.78, 5) is 30.2. The molecule has 2 N–H and O–H groups in total. The third-order valence-corrected chi connectivity index (χ3v) is 6.28. The van der Waals surface area contributed by atoms with Gasteiger partial charge in [0.25, 0.3) is 5.91 Å². The Morgan fingerprint density at radius 3 is 2.68 bits per heavy atom. The zero-order chi connectivity index (χ0) is 26.6. The Morgan fingerprint density at radius 2 is 1.97 bits per heavy atom. The molecule has 0 radical (unpaired) electrons. The Bertz CT molecular complexity index is 1340. The van der Waals surface area contributed by atoms with Crippen LogP contribution in [0.1, 0.15) is 16.7 Å². The number of hydrogen-bond acceptors (Lipinski definition) is 7. The van der Waals surface area contributed by atoms with Gasteiger partial charge >= 0.3 is 6.18 Å². The lowest BCUT2D eigenvalue weighted by molar-refractivity contribution is -0.138. The second kappa shape index (κ2) is 11.0. The molecule has 192 valence electrons. The predicted octanol–water partition coefficient (Wildman–Crippen LogP) is 3.50. The number of ether oxygens (including phenoxy) is 1. The maximum Gasteiger partial charge on any atom is 0.420 e. The van der Waals surface area contributed by atoms with E-state index in [4.69, 9.17) is 10.00 Å². The van der Waals surface area contributed by atoms with E-state index in [9.17, 15) is 27.2 Å². The summed E-state index contributed by atoms with van der Waals surface area (Å²) in [5, 5.41) is 14.6. The second-order valence-corrected chi connectivity index (χ2v) is 9.02. The predicted molar refractivity (Wildman–Crippen MR) is 128 cm³/mol. The van der Waals surface area contributed by atoms with Crippen LogP contribution in [0.3, 0.4) is 0 Å². The largest absolute Gasteiger partial charge is 0.454 e. The van der Waals surface area contributed by atoms with Gasteiger partial charge in [0, 0.05) is 19.6 Å². The highest BCUT2D eigenvalue weighted by Gasteiger charge is 2.35. The van der Waals surface area contributed by atoms with E-state index in [1.165, 1.54) is 12.1 Å². The number of carbonyl (C=O) groups is 2. The van der Waals surface area contributed by atoms with Crippen molar-refractivity contribution in [3.63, 3.8) is 0 Å². The lowest BCUT2D eigenvalue weighted by Gasteiger charge is -2.25. The van der Waals surface area contributed by atoms with Crippen LogP contribution in [0.5, 0.6) is 11.5 Å². The van der Waals surface area contributed by atoms with Gasteiger partial charge in [0.2, 0.25) is 5.91 Å². The number of amides is 2. The summed E-state index contributed by atoms with van der Waals surface area (Å²) >= 11 is 1.07. The third-order valence-electron chi connectivity index (χ3n) is 5.33. The van der Waals surface area contributed by atoms with Crippen molar-refractivity contribution in [2.75, 3.05) is 32.7 Å². The van der Waals surface area contributed by atoms with E-state index in [1.54, 1.807) is 6.07 Å². The lowest BCUT2D eigenvalue weighted by atomic mass is 10.1. The van der Waals surface area contributed by atoms with Crippen molar-refractivity contribution in [1.29, 1.82) is 5.26 Å². The minimum Gasteiger partial charge on any atom is -0.454 e. The minimum atomic E-state index is -4.81. The van der Waals surface area contributed by atoms with Crippen molar-refractivity contribution < 1.29 is 31.9 Å². The normalized spacial score (nSPS) is 18.6. The SMILES string of the molecule is N#Cc1ccc(Oc2ccc(C=C3SC(=NCCN4CCNC(=O)C4)NC3=O)cc2F)c(C(F)(F)F)c1. The Kier molecular flexibility index (Phi) is 7.80. The van der Waals surface area contributed by atoms with Gasteiger partial charge in [0.05, 0.1) is 35.2 Å². The molecule has 0 spiro atoms. The molecule has 0 saturated carbocycles. The maximum absolute atomic E-state index is 14.7. The first-order chi connectivity index (χ1) is 17.6. The van der Waals surface area contributed by atoms with E-state index < -0.39 is 35.0 Å². The number of benzene rings is 2. The van der Waals surface area contributed by atoms with Gasteiger partial charge in [-0.15, -0.1) is 0 Å². The number of aliphatic imine (C=N–C) groups is 1. The van der Waals surface area contributed by atoms with Crippen LogP contribution in [0, 0.1) is 17.1 Å². The first-order valence-electron chi connectivity index (χ1n) is 11.0. The van der Waals surface area contributed by atoms with Crippen molar-refractivity contribution in [3.05, 3.63) is 63.8 Å². The van der Waals surface area contributed by atoms with Gasteiger partial charge in [0.1, 0.15) is 5.75 Å². The van der Waals surface area contributed by atoms with Crippen LogP contribution in [0.15, 0.2) is 46.3 Å². The van der Waals surface area contributed by atoms with E-state index in [-0.39, 0.29) is 16.4 Å². The summed E-state index contributed by atoms with van der Waals surface area (Å²) in [7, 11) is 0. The van der Waals surface area contributed by atoms with E-state index >= 15 is 0 Å². The molecule has 4 rings (SSSR count). The van der Waals surface area contributed by atoms with Gasteiger partial charge in [-0.2, -0.15) is 18.4 Å². The quantitative estimate of drug-likeness (QED) is 0.435. The number of hydrogen-bond donors (Lipinski definition) is 2. The van der Waals surface area contributed by atoms with Gasteiger partial charge in [-0.05, 0) is 53.7 Å². The van der Waals surface area contributed by atoms with Crippen molar-refractivity contribution in [3.8, 4) is 17.6 Å². The Labute approximate surface area is 213 Å². The molecule has 2 amide bonds.